The van der Waals surface area contributed by atoms with E-state index >= 15 is 0 Å². The summed E-state index contributed by atoms with van der Waals surface area (Å²) in [4.78, 5) is 17.3. The maximum atomic E-state index is 12.2. The van der Waals surface area contributed by atoms with Crippen molar-refractivity contribution in [1.29, 1.82) is 0 Å². The number of carbonyl (C=O) groups excluding carboxylic acids is 1. The first-order valence-electron chi connectivity index (χ1n) is 14.3. The minimum Gasteiger partial charge on any atom is -0.476 e. The molecule has 5 aromatic rings. The van der Waals surface area contributed by atoms with Gasteiger partial charge in [0.2, 0.25) is 0 Å². The number of rotatable bonds is 12. The average Bonchev–Trinajstić information content (AvgIpc) is 3.29. The van der Waals surface area contributed by atoms with E-state index in [9.17, 15) is 4.79 Å². The second-order valence-electron chi connectivity index (χ2n) is 10.8. The second-order valence-corrected chi connectivity index (χ2v) is 10.8. The number of hydrogen-bond donors (Lipinski definition) is 0. The Morgan fingerprint density at radius 3 is 2.17 bits per heavy atom. The number of nitrogens with zero attached hydrogens (tertiary/aromatic N) is 2. The number of aromatic nitrogens is 2. The normalized spacial score (nSPS) is 11.7. The van der Waals surface area contributed by atoms with Crippen LogP contribution in [-0.4, -0.2) is 27.7 Å². The number of hydrogen-bond acceptors (Lipinski definition) is 4. The molecule has 4 aromatic carbocycles. The number of benzene rings is 4. The van der Waals surface area contributed by atoms with Crippen LogP contribution in [0.3, 0.4) is 0 Å². The first-order valence-corrected chi connectivity index (χ1v) is 14.3. The lowest BCUT2D eigenvalue weighted by Crippen LogP contribution is -2.39. The molecular weight excluding hydrogens is 496 g/mol. The van der Waals surface area contributed by atoms with Gasteiger partial charge in [0.1, 0.15) is 11.6 Å². The lowest BCUT2D eigenvalue weighted by molar-refractivity contribution is -0.158. The monoisotopic (exact) mass is 534 g/mol. The highest BCUT2D eigenvalue weighted by atomic mass is 16.6. The van der Waals surface area contributed by atoms with Gasteiger partial charge in [-0.25, -0.2) is 9.78 Å². The lowest BCUT2D eigenvalue weighted by Gasteiger charge is -2.24. The van der Waals surface area contributed by atoms with Gasteiger partial charge in [-0.1, -0.05) is 66.7 Å². The molecule has 0 aliphatic rings. The van der Waals surface area contributed by atoms with Crippen LogP contribution in [0.1, 0.15) is 50.6 Å². The molecule has 0 N–H and O–H groups in total. The summed E-state index contributed by atoms with van der Waals surface area (Å²) < 4.78 is 13.5. The van der Waals surface area contributed by atoms with Gasteiger partial charge in [-0.2, -0.15) is 0 Å². The van der Waals surface area contributed by atoms with E-state index < -0.39 is 5.60 Å². The van der Waals surface area contributed by atoms with E-state index in [4.69, 9.17) is 14.5 Å². The molecule has 5 heteroatoms. The zero-order valence-electron chi connectivity index (χ0n) is 23.7. The van der Waals surface area contributed by atoms with Crippen LogP contribution in [0.15, 0.2) is 91.0 Å². The highest BCUT2D eigenvalue weighted by Gasteiger charge is 2.31. The van der Waals surface area contributed by atoms with Crippen LogP contribution in [0.4, 0.5) is 0 Å². The number of esters is 1. The highest BCUT2D eigenvalue weighted by Crippen LogP contribution is 2.26. The first kappa shape index (κ1) is 27.4. The summed E-state index contributed by atoms with van der Waals surface area (Å²) in [7, 11) is 0. The van der Waals surface area contributed by atoms with Gasteiger partial charge < -0.3 is 14.0 Å². The Balaban J connectivity index is 1.27. The number of imidazole rings is 1. The van der Waals surface area contributed by atoms with E-state index in [2.05, 4.69) is 83.4 Å². The third kappa shape index (κ3) is 6.53. The van der Waals surface area contributed by atoms with Gasteiger partial charge in [-0.3, -0.25) is 0 Å². The molecule has 40 heavy (non-hydrogen) atoms. The summed E-state index contributed by atoms with van der Waals surface area (Å²) in [6, 6.07) is 31.7. The van der Waals surface area contributed by atoms with E-state index in [0.717, 1.165) is 50.0 Å². The molecule has 0 saturated carbocycles. The van der Waals surface area contributed by atoms with E-state index in [0.29, 0.717) is 12.4 Å². The Kier molecular flexibility index (Phi) is 8.49. The minimum absolute atomic E-state index is 0.335. The smallest absolute Gasteiger partial charge is 0.349 e. The predicted octanol–water partition coefficient (Wildman–Crippen LogP) is 7.72. The van der Waals surface area contributed by atoms with Gasteiger partial charge in [0.15, 0.2) is 5.60 Å². The molecule has 0 amide bonds. The van der Waals surface area contributed by atoms with Crippen molar-refractivity contribution in [3.8, 4) is 5.75 Å². The molecule has 0 spiro atoms. The third-order valence-corrected chi connectivity index (χ3v) is 7.31. The summed E-state index contributed by atoms with van der Waals surface area (Å²) in [5, 5.41) is 2.48. The molecule has 0 fully saturated rings. The van der Waals surface area contributed by atoms with E-state index in [1.807, 2.05) is 12.1 Å². The molecule has 0 unspecified atom stereocenters. The van der Waals surface area contributed by atoms with Crippen LogP contribution in [-0.2, 0) is 35.3 Å². The summed E-state index contributed by atoms with van der Waals surface area (Å²) >= 11 is 0. The van der Waals surface area contributed by atoms with Crippen molar-refractivity contribution in [2.24, 2.45) is 0 Å². The van der Waals surface area contributed by atoms with Crippen LogP contribution in [0.2, 0.25) is 0 Å². The van der Waals surface area contributed by atoms with Gasteiger partial charge >= 0.3 is 5.97 Å². The Morgan fingerprint density at radius 1 is 0.800 bits per heavy atom. The number of carbonyl (C=O) groups is 1. The zero-order chi connectivity index (χ0) is 28.0. The van der Waals surface area contributed by atoms with Gasteiger partial charge in [0.25, 0.3) is 0 Å². The van der Waals surface area contributed by atoms with Crippen molar-refractivity contribution in [3.05, 3.63) is 108 Å². The van der Waals surface area contributed by atoms with Gasteiger partial charge in [-0.15, -0.1) is 0 Å². The Hall–Kier alpha value is -4.12. The maximum Gasteiger partial charge on any atom is 0.349 e. The Morgan fingerprint density at radius 2 is 1.45 bits per heavy atom. The fourth-order valence-electron chi connectivity index (χ4n) is 5.20. The number of aryl methyl sites for hydroxylation is 4. The van der Waals surface area contributed by atoms with Crippen molar-refractivity contribution in [2.45, 2.75) is 65.0 Å². The third-order valence-electron chi connectivity index (χ3n) is 7.31. The highest BCUT2D eigenvalue weighted by molar-refractivity contribution is 5.95. The topological polar surface area (TPSA) is 53.4 Å². The van der Waals surface area contributed by atoms with Crippen LogP contribution >= 0.6 is 0 Å². The van der Waals surface area contributed by atoms with E-state index in [1.165, 1.54) is 27.4 Å². The molecule has 0 atom stereocenters. The van der Waals surface area contributed by atoms with Crippen LogP contribution < -0.4 is 4.74 Å². The molecule has 0 bridgehead atoms. The molecule has 0 aliphatic heterocycles. The molecule has 5 rings (SSSR count). The largest absolute Gasteiger partial charge is 0.476 e. The van der Waals surface area contributed by atoms with Gasteiger partial charge in [-0.05, 0) is 92.6 Å². The summed E-state index contributed by atoms with van der Waals surface area (Å²) in [5.41, 5.74) is 3.87. The first-order chi connectivity index (χ1) is 19.4. The quantitative estimate of drug-likeness (QED) is 0.154. The van der Waals surface area contributed by atoms with Crippen LogP contribution in [0, 0.1) is 0 Å². The fourth-order valence-corrected chi connectivity index (χ4v) is 5.20. The number of fused-ring (bicyclic) bond motifs is 2. The maximum absolute atomic E-state index is 12.2. The fraction of sp³-hybridized carbons (Fsp3) is 0.314. The van der Waals surface area contributed by atoms with Crippen LogP contribution in [0.5, 0.6) is 5.75 Å². The van der Waals surface area contributed by atoms with Crippen molar-refractivity contribution >= 4 is 27.8 Å². The van der Waals surface area contributed by atoms with E-state index in [-0.39, 0.29) is 5.97 Å². The Bertz CT molecular complexity index is 1570. The molecule has 0 radical (unpaired) electrons. The van der Waals surface area contributed by atoms with Gasteiger partial charge in [0.05, 0.1) is 17.6 Å². The molecule has 1 heterocycles. The summed E-state index contributed by atoms with van der Waals surface area (Å²) in [6.45, 7) is 6.54. The molecule has 5 nitrogen and oxygen atoms in total. The van der Waals surface area contributed by atoms with Crippen LogP contribution in [0.25, 0.3) is 21.8 Å². The SMILES string of the molecule is CCOC(=O)C(C)(C)Oc1ccc(CCCc2nc3cc4ccccc4cc3n2CCCc2ccccc2)cc1. The average molecular weight is 535 g/mol. The molecule has 206 valence electrons. The van der Waals surface area contributed by atoms with Crippen molar-refractivity contribution in [1.82, 2.24) is 9.55 Å². The van der Waals surface area contributed by atoms with Gasteiger partial charge in [0, 0.05) is 13.0 Å². The molecule has 0 aliphatic carbocycles. The Labute approximate surface area is 236 Å². The molecule has 1 aromatic heterocycles. The number of ether oxygens (including phenoxy) is 2. The van der Waals surface area contributed by atoms with Crippen molar-refractivity contribution in [2.75, 3.05) is 6.61 Å². The molecule has 0 saturated heterocycles. The lowest BCUT2D eigenvalue weighted by atomic mass is 10.1. The van der Waals surface area contributed by atoms with Crippen molar-refractivity contribution in [3.63, 3.8) is 0 Å². The molecular formula is C35H38N2O3. The summed E-state index contributed by atoms with van der Waals surface area (Å²) in [5.74, 6) is 1.45. The predicted molar refractivity (Wildman–Crippen MR) is 162 cm³/mol. The zero-order valence-corrected chi connectivity index (χ0v) is 23.7. The second kappa shape index (κ2) is 12.4. The minimum atomic E-state index is -1.03. The standard InChI is InChI=1S/C35H38N2O3/c1-4-39-34(38)35(2,3)40-30-21-19-27(20-22-30)14-10-18-33-36-31-24-28-16-8-9-17-29(28)25-32(31)37(33)23-11-15-26-12-6-5-7-13-26/h5-9,12-13,16-17,19-22,24-25H,4,10-11,14-15,18,23H2,1-3H3. The summed E-state index contributed by atoms with van der Waals surface area (Å²) in [6.07, 6.45) is 4.96. The van der Waals surface area contributed by atoms with E-state index in [1.54, 1.807) is 20.8 Å². The van der Waals surface area contributed by atoms with Crippen molar-refractivity contribution < 1.29 is 14.3 Å².